The molecule has 0 saturated carbocycles. The standard InChI is InChI=1S/C24H25N3O3/c1-15-20-13-19(29-5)11-12-22(20)30-23(15)24(28)26(4)14-21-16(2)25-27(17(21)3)18-9-7-6-8-10-18/h6-13H,14H2,1-5H3. The van der Waals surface area contributed by atoms with Gasteiger partial charge in [0.25, 0.3) is 5.91 Å². The molecule has 30 heavy (non-hydrogen) atoms. The second-order valence-electron chi connectivity index (χ2n) is 7.48. The third-order valence-electron chi connectivity index (χ3n) is 5.52. The first-order chi connectivity index (χ1) is 14.4. The minimum absolute atomic E-state index is 0.158. The van der Waals surface area contributed by atoms with Crippen LogP contribution in [0.2, 0.25) is 0 Å². The van der Waals surface area contributed by atoms with E-state index >= 15 is 0 Å². The van der Waals surface area contributed by atoms with E-state index in [1.807, 2.05) is 74.0 Å². The van der Waals surface area contributed by atoms with E-state index in [0.29, 0.717) is 17.9 Å². The summed E-state index contributed by atoms with van der Waals surface area (Å²) >= 11 is 0. The molecule has 0 spiro atoms. The zero-order valence-corrected chi connectivity index (χ0v) is 17.9. The Morgan fingerprint density at radius 1 is 1.13 bits per heavy atom. The van der Waals surface area contributed by atoms with Crippen molar-refractivity contribution in [2.75, 3.05) is 14.2 Å². The Bertz CT molecular complexity index is 1220. The van der Waals surface area contributed by atoms with Crippen LogP contribution in [0.5, 0.6) is 5.75 Å². The Labute approximate surface area is 175 Å². The number of nitrogens with zero attached hydrogens (tertiary/aromatic N) is 3. The first-order valence-corrected chi connectivity index (χ1v) is 9.83. The zero-order chi connectivity index (χ0) is 21.4. The van der Waals surface area contributed by atoms with Crippen molar-refractivity contribution in [2.24, 2.45) is 0 Å². The highest BCUT2D eigenvalue weighted by Gasteiger charge is 2.23. The molecule has 0 aliphatic rings. The number of benzene rings is 2. The number of hydrogen-bond acceptors (Lipinski definition) is 4. The highest BCUT2D eigenvalue weighted by molar-refractivity contribution is 5.99. The highest BCUT2D eigenvalue weighted by atomic mass is 16.5. The monoisotopic (exact) mass is 403 g/mol. The Morgan fingerprint density at radius 2 is 1.87 bits per heavy atom. The third-order valence-corrected chi connectivity index (χ3v) is 5.52. The van der Waals surface area contributed by atoms with E-state index in [-0.39, 0.29) is 5.91 Å². The summed E-state index contributed by atoms with van der Waals surface area (Å²) in [5.74, 6) is 0.929. The first kappa shape index (κ1) is 19.8. The number of ether oxygens (including phenoxy) is 1. The minimum Gasteiger partial charge on any atom is -0.497 e. The molecule has 0 aliphatic carbocycles. The van der Waals surface area contributed by atoms with Crippen molar-refractivity contribution in [3.05, 3.63) is 76.8 Å². The SMILES string of the molecule is COc1ccc2oc(C(=O)N(C)Cc3c(C)nn(-c4ccccc4)c3C)c(C)c2c1. The van der Waals surface area contributed by atoms with Crippen molar-refractivity contribution in [3.63, 3.8) is 0 Å². The van der Waals surface area contributed by atoms with Gasteiger partial charge in [-0.2, -0.15) is 5.10 Å². The Balaban J connectivity index is 1.63. The lowest BCUT2D eigenvalue weighted by Crippen LogP contribution is -2.27. The maximum Gasteiger partial charge on any atom is 0.289 e. The lowest BCUT2D eigenvalue weighted by molar-refractivity contribution is 0.0754. The number of furan rings is 1. The predicted octanol–water partition coefficient (Wildman–Crippen LogP) is 4.82. The van der Waals surface area contributed by atoms with Crippen LogP contribution in [-0.2, 0) is 6.54 Å². The van der Waals surface area contributed by atoms with Gasteiger partial charge in [-0.25, -0.2) is 4.68 Å². The Morgan fingerprint density at radius 3 is 2.57 bits per heavy atom. The number of amides is 1. The van der Waals surface area contributed by atoms with Crippen molar-refractivity contribution in [1.29, 1.82) is 0 Å². The summed E-state index contributed by atoms with van der Waals surface area (Å²) in [6, 6.07) is 15.5. The van der Waals surface area contributed by atoms with Gasteiger partial charge < -0.3 is 14.1 Å². The Hall–Kier alpha value is -3.54. The summed E-state index contributed by atoms with van der Waals surface area (Å²) in [6.07, 6.45) is 0. The summed E-state index contributed by atoms with van der Waals surface area (Å²) < 4.78 is 13.1. The number of methoxy groups -OCH3 is 1. The number of rotatable bonds is 5. The van der Waals surface area contributed by atoms with Crippen LogP contribution in [0.4, 0.5) is 0 Å². The summed E-state index contributed by atoms with van der Waals surface area (Å²) in [4.78, 5) is 14.8. The van der Waals surface area contributed by atoms with E-state index < -0.39 is 0 Å². The highest BCUT2D eigenvalue weighted by Crippen LogP contribution is 2.30. The van der Waals surface area contributed by atoms with Gasteiger partial charge in [0.05, 0.1) is 18.5 Å². The molecular formula is C24H25N3O3. The molecule has 0 unspecified atom stereocenters. The van der Waals surface area contributed by atoms with Crippen LogP contribution >= 0.6 is 0 Å². The van der Waals surface area contributed by atoms with Gasteiger partial charge in [-0.3, -0.25) is 4.79 Å². The smallest absolute Gasteiger partial charge is 0.289 e. The number of aromatic nitrogens is 2. The second-order valence-corrected chi connectivity index (χ2v) is 7.48. The molecule has 4 rings (SSSR count). The van der Waals surface area contributed by atoms with Crippen molar-refractivity contribution < 1.29 is 13.9 Å². The molecule has 4 aromatic rings. The molecule has 0 radical (unpaired) electrons. The molecule has 0 atom stereocenters. The van der Waals surface area contributed by atoms with E-state index in [1.54, 1.807) is 19.1 Å². The summed E-state index contributed by atoms with van der Waals surface area (Å²) in [6.45, 7) is 6.34. The molecule has 0 saturated heterocycles. The molecule has 0 N–H and O–H groups in total. The minimum atomic E-state index is -0.158. The number of carbonyl (C=O) groups is 1. The van der Waals surface area contributed by atoms with Crippen molar-refractivity contribution in [3.8, 4) is 11.4 Å². The summed E-state index contributed by atoms with van der Waals surface area (Å²) in [7, 11) is 3.41. The maximum atomic E-state index is 13.2. The fraction of sp³-hybridized carbons (Fsp3) is 0.250. The van der Waals surface area contributed by atoms with E-state index in [9.17, 15) is 4.79 Å². The molecule has 2 heterocycles. The lowest BCUT2D eigenvalue weighted by atomic mass is 10.1. The van der Waals surface area contributed by atoms with E-state index in [4.69, 9.17) is 9.15 Å². The van der Waals surface area contributed by atoms with Crippen LogP contribution in [0.1, 0.15) is 33.1 Å². The van der Waals surface area contributed by atoms with Crippen LogP contribution in [0.3, 0.4) is 0 Å². The second kappa shape index (κ2) is 7.71. The summed E-state index contributed by atoms with van der Waals surface area (Å²) in [5, 5.41) is 5.56. The third kappa shape index (κ3) is 3.34. The van der Waals surface area contributed by atoms with Crippen LogP contribution in [0.25, 0.3) is 16.7 Å². The van der Waals surface area contributed by atoms with E-state index in [2.05, 4.69) is 5.10 Å². The van der Waals surface area contributed by atoms with Gasteiger partial charge >= 0.3 is 0 Å². The molecule has 154 valence electrons. The molecule has 0 bridgehead atoms. The largest absolute Gasteiger partial charge is 0.497 e. The van der Waals surface area contributed by atoms with Gasteiger partial charge in [-0.15, -0.1) is 0 Å². The van der Waals surface area contributed by atoms with Gasteiger partial charge in [0.1, 0.15) is 11.3 Å². The quantitative estimate of drug-likeness (QED) is 0.479. The van der Waals surface area contributed by atoms with E-state index in [1.165, 1.54) is 0 Å². The number of aryl methyl sites for hydroxylation is 2. The van der Waals surface area contributed by atoms with Gasteiger partial charge in [-0.1, -0.05) is 18.2 Å². The molecule has 0 aliphatic heterocycles. The molecule has 6 nitrogen and oxygen atoms in total. The zero-order valence-electron chi connectivity index (χ0n) is 17.9. The number of carbonyl (C=O) groups excluding carboxylic acids is 1. The van der Waals surface area contributed by atoms with Gasteiger partial charge in [0, 0.05) is 35.8 Å². The van der Waals surface area contributed by atoms with Crippen LogP contribution in [0, 0.1) is 20.8 Å². The molecular weight excluding hydrogens is 378 g/mol. The molecule has 0 fully saturated rings. The van der Waals surface area contributed by atoms with Crippen LogP contribution < -0.4 is 4.74 Å². The topological polar surface area (TPSA) is 60.5 Å². The fourth-order valence-corrected chi connectivity index (χ4v) is 3.74. The van der Waals surface area contributed by atoms with Crippen molar-refractivity contribution >= 4 is 16.9 Å². The number of para-hydroxylation sites is 1. The normalized spacial score (nSPS) is 11.1. The van der Waals surface area contributed by atoms with Gasteiger partial charge in [0.15, 0.2) is 5.76 Å². The average Bonchev–Trinajstić information content (AvgIpc) is 3.24. The lowest BCUT2D eigenvalue weighted by Gasteiger charge is -2.16. The van der Waals surface area contributed by atoms with Gasteiger partial charge in [-0.05, 0) is 51.1 Å². The number of hydrogen-bond donors (Lipinski definition) is 0. The summed E-state index contributed by atoms with van der Waals surface area (Å²) in [5.41, 5.74) is 5.44. The van der Waals surface area contributed by atoms with Gasteiger partial charge in [0.2, 0.25) is 0 Å². The maximum absolute atomic E-state index is 13.2. The average molecular weight is 403 g/mol. The molecule has 2 aromatic heterocycles. The Kier molecular flexibility index (Phi) is 5.08. The fourth-order valence-electron chi connectivity index (χ4n) is 3.74. The molecule has 2 aromatic carbocycles. The molecule has 6 heteroatoms. The van der Waals surface area contributed by atoms with Crippen LogP contribution in [-0.4, -0.2) is 34.7 Å². The predicted molar refractivity (Wildman–Crippen MR) is 116 cm³/mol. The van der Waals surface area contributed by atoms with E-state index in [0.717, 1.165) is 39.3 Å². The number of fused-ring (bicyclic) bond motifs is 1. The molecule has 1 amide bonds. The van der Waals surface area contributed by atoms with Crippen molar-refractivity contribution in [2.45, 2.75) is 27.3 Å². The first-order valence-electron chi connectivity index (χ1n) is 9.83. The van der Waals surface area contributed by atoms with Crippen LogP contribution in [0.15, 0.2) is 52.9 Å². The van der Waals surface area contributed by atoms with Crippen molar-refractivity contribution in [1.82, 2.24) is 14.7 Å².